The van der Waals surface area contributed by atoms with Gasteiger partial charge in [0.2, 0.25) is 16.8 Å². The first-order valence-corrected chi connectivity index (χ1v) is 10.1. The van der Waals surface area contributed by atoms with Crippen LogP contribution in [0.1, 0.15) is 31.9 Å². The van der Waals surface area contributed by atoms with E-state index in [-0.39, 0.29) is 5.56 Å². The summed E-state index contributed by atoms with van der Waals surface area (Å²) in [6.45, 7) is 4.04. The van der Waals surface area contributed by atoms with Gasteiger partial charge < -0.3 is 0 Å². The van der Waals surface area contributed by atoms with Gasteiger partial charge in [-0.1, -0.05) is 49.5 Å². The summed E-state index contributed by atoms with van der Waals surface area (Å²) in [4.78, 5) is 35.8. The molecule has 10 heteroatoms. The summed E-state index contributed by atoms with van der Waals surface area (Å²) in [5, 5.41) is 10.2. The van der Waals surface area contributed by atoms with E-state index in [4.69, 9.17) is 0 Å². The molecule has 0 aliphatic heterocycles. The van der Waals surface area contributed by atoms with E-state index in [1.54, 1.807) is 13.8 Å². The van der Waals surface area contributed by atoms with E-state index >= 15 is 0 Å². The van der Waals surface area contributed by atoms with Crippen LogP contribution in [0.5, 0.6) is 0 Å². The molecular weight excluding hydrogens is 403 g/mol. The quantitative estimate of drug-likeness (QED) is 0.350. The number of rotatable bonds is 8. The zero-order valence-corrected chi connectivity index (χ0v) is 16.7. The van der Waals surface area contributed by atoms with Crippen LogP contribution in [0.15, 0.2) is 24.3 Å². The van der Waals surface area contributed by atoms with Crippen LogP contribution in [0.2, 0.25) is 0 Å². The number of alkyl halides is 3. The van der Waals surface area contributed by atoms with Gasteiger partial charge in [-0.3, -0.25) is 19.7 Å². The van der Waals surface area contributed by atoms with Gasteiger partial charge in [-0.2, -0.15) is 13.2 Å². The molecule has 1 rings (SSSR count). The Morgan fingerprint density at radius 3 is 1.78 bits per heavy atom. The van der Waals surface area contributed by atoms with Crippen LogP contribution >= 0.6 is 23.5 Å². The van der Waals surface area contributed by atoms with E-state index in [0.29, 0.717) is 11.5 Å². The SMILES string of the molecule is CCSC(=O)C(C(=O)SCC)[C@](C)(C[N+](=O)[O-])c1ccc(C(F)(F)F)cc1. The number of benzene rings is 1. The van der Waals surface area contributed by atoms with Crippen LogP contribution < -0.4 is 0 Å². The predicted octanol–water partition coefficient (Wildman–Crippen LogP) is 4.42. The largest absolute Gasteiger partial charge is 0.416 e. The van der Waals surface area contributed by atoms with Crippen molar-refractivity contribution in [3.8, 4) is 0 Å². The second-order valence-electron chi connectivity index (χ2n) is 5.92. The second-order valence-corrected chi connectivity index (χ2v) is 8.46. The summed E-state index contributed by atoms with van der Waals surface area (Å²) in [5.74, 6) is -0.586. The Morgan fingerprint density at radius 1 is 1.04 bits per heavy atom. The molecule has 0 heterocycles. The molecule has 5 nitrogen and oxygen atoms in total. The lowest BCUT2D eigenvalue weighted by molar-refractivity contribution is -0.491. The summed E-state index contributed by atoms with van der Waals surface area (Å²) in [6.07, 6.45) is -4.56. The molecule has 0 saturated heterocycles. The fourth-order valence-electron chi connectivity index (χ4n) is 2.73. The molecule has 0 aliphatic rings. The van der Waals surface area contributed by atoms with Crippen LogP contribution in [0, 0.1) is 16.0 Å². The lowest BCUT2D eigenvalue weighted by Gasteiger charge is -2.32. The number of halogens is 3. The van der Waals surface area contributed by atoms with Crippen LogP contribution in [0.25, 0.3) is 0 Å². The normalized spacial score (nSPS) is 14.0. The minimum atomic E-state index is -4.56. The molecule has 1 atom stereocenters. The predicted molar refractivity (Wildman–Crippen MR) is 100 cm³/mol. The summed E-state index contributed by atoms with van der Waals surface area (Å²) in [7, 11) is 0. The van der Waals surface area contributed by atoms with Crippen molar-refractivity contribution in [2.45, 2.75) is 32.4 Å². The standard InChI is InChI=1S/C17H20F3NO4S2/c1-4-26-14(22)13(15(23)27-5-2)16(3,10-21(24)25)11-6-8-12(9-7-11)17(18,19)20/h6-9,13H,4-5,10H2,1-3H3/t16-/m1/s1. The highest BCUT2D eigenvalue weighted by atomic mass is 32.2. The molecule has 0 bridgehead atoms. The fourth-order valence-corrected chi connectivity index (χ4v) is 4.44. The van der Waals surface area contributed by atoms with Crippen molar-refractivity contribution in [1.82, 2.24) is 0 Å². The number of nitrogens with zero attached hydrogens (tertiary/aromatic N) is 1. The van der Waals surface area contributed by atoms with Gasteiger partial charge >= 0.3 is 6.18 Å². The maximum absolute atomic E-state index is 12.8. The fraction of sp³-hybridized carbons (Fsp3) is 0.529. The molecule has 0 radical (unpaired) electrons. The van der Waals surface area contributed by atoms with Gasteiger partial charge in [-0.15, -0.1) is 0 Å². The summed E-state index contributed by atoms with van der Waals surface area (Å²) in [6, 6.07) is 3.82. The molecule has 150 valence electrons. The van der Waals surface area contributed by atoms with Crippen LogP contribution in [-0.4, -0.2) is 33.2 Å². The van der Waals surface area contributed by atoms with Gasteiger partial charge in [-0.25, -0.2) is 0 Å². The van der Waals surface area contributed by atoms with E-state index in [9.17, 15) is 32.9 Å². The van der Waals surface area contributed by atoms with E-state index in [1.165, 1.54) is 6.92 Å². The second kappa shape index (κ2) is 9.59. The Kier molecular flexibility index (Phi) is 8.34. The lowest BCUT2D eigenvalue weighted by atomic mass is 9.72. The highest BCUT2D eigenvalue weighted by Crippen LogP contribution is 2.39. The average Bonchev–Trinajstić information content (AvgIpc) is 2.54. The Labute approximate surface area is 163 Å². The molecule has 0 fully saturated rings. The zero-order valence-electron chi connectivity index (χ0n) is 15.0. The van der Waals surface area contributed by atoms with Gasteiger partial charge in [0.15, 0.2) is 0 Å². The molecule has 27 heavy (non-hydrogen) atoms. The van der Waals surface area contributed by atoms with Crippen LogP contribution in [0.3, 0.4) is 0 Å². The minimum absolute atomic E-state index is 0.146. The molecule has 0 unspecified atom stereocenters. The van der Waals surface area contributed by atoms with Crippen molar-refractivity contribution in [3.63, 3.8) is 0 Å². The molecule has 0 amide bonds. The molecule has 0 N–H and O–H groups in total. The number of thioether (sulfide) groups is 2. The number of hydrogen-bond donors (Lipinski definition) is 0. The zero-order chi connectivity index (χ0) is 20.8. The molecule has 0 saturated carbocycles. The first-order chi connectivity index (χ1) is 12.5. The maximum Gasteiger partial charge on any atom is 0.416 e. The third kappa shape index (κ3) is 5.97. The first kappa shape index (κ1) is 23.5. The van der Waals surface area contributed by atoms with Gasteiger partial charge in [0.1, 0.15) is 5.92 Å². The number of hydrogen-bond acceptors (Lipinski definition) is 6. The van der Waals surface area contributed by atoms with E-state index < -0.39 is 44.8 Å². The van der Waals surface area contributed by atoms with Gasteiger partial charge in [0.25, 0.3) is 0 Å². The van der Waals surface area contributed by atoms with E-state index in [2.05, 4.69) is 0 Å². The third-order valence-corrected chi connectivity index (χ3v) is 5.63. The monoisotopic (exact) mass is 423 g/mol. The summed E-state index contributed by atoms with van der Waals surface area (Å²) < 4.78 is 38.5. The highest BCUT2D eigenvalue weighted by Gasteiger charge is 2.49. The Balaban J connectivity index is 3.50. The number of carbonyl (C=O) groups is 2. The molecular formula is C17H20F3NO4S2. The van der Waals surface area contributed by atoms with E-state index in [0.717, 1.165) is 47.8 Å². The van der Waals surface area contributed by atoms with Gasteiger partial charge in [0, 0.05) is 4.92 Å². The average molecular weight is 423 g/mol. The molecule has 1 aromatic rings. The van der Waals surface area contributed by atoms with Gasteiger partial charge in [0.05, 0.1) is 11.0 Å². The third-order valence-electron chi connectivity index (χ3n) is 4.01. The maximum atomic E-state index is 12.8. The van der Waals surface area contributed by atoms with Crippen molar-refractivity contribution >= 4 is 33.8 Å². The van der Waals surface area contributed by atoms with Crippen molar-refractivity contribution in [2.75, 3.05) is 18.1 Å². The Morgan fingerprint density at radius 2 is 1.44 bits per heavy atom. The van der Waals surface area contributed by atoms with Gasteiger partial charge in [-0.05, 0) is 36.1 Å². The van der Waals surface area contributed by atoms with E-state index in [1.807, 2.05) is 0 Å². The topological polar surface area (TPSA) is 77.3 Å². The molecule has 0 aliphatic carbocycles. The number of carbonyl (C=O) groups excluding carboxylic acids is 2. The molecule has 1 aromatic carbocycles. The van der Waals surface area contributed by atoms with Crippen molar-refractivity contribution in [1.29, 1.82) is 0 Å². The van der Waals surface area contributed by atoms with Crippen molar-refractivity contribution in [2.24, 2.45) is 5.92 Å². The smallest absolute Gasteiger partial charge is 0.286 e. The van der Waals surface area contributed by atoms with Crippen molar-refractivity contribution in [3.05, 3.63) is 45.5 Å². The first-order valence-electron chi connectivity index (χ1n) is 8.10. The minimum Gasteiger partial charge on any atom is -0.286 e. The lowest BCUT2D eigenvalue weighted by Crippen LogP contribution is -2.45. The molecule has 0 aromatic heterocycles. The van der Waals surface area contributed by atoms with Crippen molar-refractivity contribution < 1.29 is 27.7 Å². The van der Waals surface area contributed by atoms with Crippen LogP contribution in [0.4, 0.5) is 13.2 Å². The molecule has 0 spiro atoms. The Hall–Kier alpha value is -1.55. The van der Waals surface area contributed by atoms with Crippen LogP contribution in [-0.2, 0) is 21.2 Å². The Bertz CT molecular complexity index is 676. The summed E-state index contributed by atoms with van der Waals surface area (Å²) >= 11 is 1.75. The highest BCUT2D eigenvalue weighted by molar-refractivity contribution is 8.15. The summed E-state index contributed by atoms with van der Waals surface area (Å²) in [5.41, 5.74) is -2.33. The number of nitro groups is 1.